The van der Waals surface area contributed by atoms with E-state index in [1.165, 1.54) is 25.5 Å². The maximum atomic E-state index is 11.1. The molecule has 3 rings (SSSR count). The van der Waals surface area contributed by atoms with Crippen molar-refractivity contribution in [3.63, 3.8) is 0 Å². The molecule has 0 bridgehead atoms. The quantitative estimate of drug-likeness (QED) is 0.493. The molecule has 0 amide bonds. The topological polar surface area (TPSA) is 68.1 Å². The minimum Gasteiger partial charge on any atom is -0.379 e. The number of pyridine rings is 1. The zero-order valence-corrected chi connectivity index (χ0v) is 11.2. The summed E-state index contributed by atoms with van der Waals surface area (Å²) in [5.41, 5.74) is 1.43. The molecule has 1 aromatic carbocycles. The molecule has 104 valence electrons. The molecule has 5 heteroatoms. The Balaban J connectivity index is 1.84. The molecular weight excluding hydrogens is 254 g/mol. The van der Waals surface area contributed by atoms with Gasteiger partial charge in [0.1, 0.15) is 11.9 Å². The summed E-state index contributed by atoms with van der Waals surface area (Å²) >= 11 is 0. The lowest BCUT2D eigenvalue weighted by Gasteiger charge is -2.09. The smallest absolute Gasteiger partial charge is 0.311 e. The van der Waals surface area contributed by atoms with Gasteiger partial charge >= 0.3 is 5.69 Å². The van der Waals surface area contributed by atoms with Crippen molar-refractivity contribution in [2.45, 2.75) is 25.7 Å². The van der Waals surface area contributed by atoms with Crippen molar-refractivity contribution in [1.82, 2.24) is 4.98 Å². The SMILES string of the molecule is O=[N+]([O-])c1cnc2ccccc2c1NCCCC1CC1. The molecule has 1 aliphatic rings. The van der Waals surface area contributed by atoms with E-state index in [9.17, 15) is 10.1 Å². The number of anilines is 1. The Bertz CT molecular complexity index is 638. The zero-order valence-electron chi connectivity index (χ0n) is 11.2. The third-order valence-electron chi connectivity index (χ3n) is 3.74. The van der Waals surface area contributed by atoms with E-state index in [0.717, 1.165) is 29.8 Å². The van der Waals surface area contributed by atoms with Crippen LogP contribution >= 0.6 is 0 Å². The highest BCUT2D eigenvalue weighted by Gasteiger charge is 2.21. The largest absolute Gasteiger partial charge is 0.379 e. The minimum absolute atomic E-state index is 0.0510. The maximum absolute atomic E-state index is 11.1. The van der Waals surface area contributed by atoms with Crippen molar-refractivity contribution in [3.05, 3.63) is 40.6 Å². The van der Waals surface area contributed by atoms with Crippen LogP contribution in [0.15, 0.2) is 30.5 Å². The van der Waals surface area contributed by atoms with E-state index < -0.39 is 0 Å². The summed E-state index contributed by atoms with van der Waals surface area (Å²) in [6.07, 6.45) is 6.30. The molecule has 5 nitrogen and oxygen atoms in total. The molecule has 1 saturated carbocycles. The van der Waals surface area contributed by atoms with Crippen LogP contribution in [0.25, 0.3) is 10.9 Å². The molecule has 0 unspecified atom stereocenters. The van der Waals surface area contributed by atoms with Gasteiger partial charge < -0.3 is 5.32 Å². The third kappa shape index (κ3) is 2.71. The van der Waals surface area contributed by atoms with Gasteiger partial charge in [-0.15, -0.1) is 0 Å². The van der Waals surface area contributed by atoms with Crippen molar-refractivity contribution < 1.29 is 4.92 Å². The number of aromatic nitrogens is 1. The molecule has 0 aliphatic heterocycles. The average molecular weight is 271 g/mol. The van der Waals surface area contributed by atoms with Gasteiger partial charge in [0.05, 0.1) is 10.4 Å². The number of nitrogens with one attached hydrogen (secondary N) is 1. The van der Waals surface area contributed by atoms with Crippen LogP contribution in [0.3, 0.4) is 0 Å². The lowest BCUT2D eigenvalue weighted by Crippen LogP contribution is -2.06. The first-order valence-corrected chi connectivity index (χ1v) is 7.01. The Kier molecular flexibility index (Phi) is 3.50. The monoisotopic (exact) mass is 271 g/mol. The number of nitrogens with zero attached hydrogens (tertiary/aromatic N) is 2. The van der Waals surface area contributed by atoms with Gasteiger partial charge in [-0.1, -0.05) is 31.0 Å². The molecule has 0 atom stereocenters. The van der Waals surface area contributed by atoms with Crippen LogP contribution in [-0.4, -0.2) is 16.5 Å². The van der Waals surface area contributed by atoms with Crippen LogP contribution in [0.5, 0.6) is 0 Å². The van der Waals surface area contributed by atoms with Crippen LogP contribution in [0.1, 0.15) is 25.7 Å². The lowest BCUT2D eigenvalue weighted by atomic mass is 10.1. The van der Waals surface area contributed by atoms with Crippen LogP contribution in [0, 0.1) is 16.0 Å². The number of benzene rings is 1. The normalized spacial score (nSPS) is 14.4. The number of hydrogen-bond acceptors (Lipinski definition) is 4. The van der Waals surface area contributed by atoms with Crippen LogP contribution in [-0.2, 0) is 0 Å². The summed E-state index contributed by atoms with van der Waals surface area (Å²) in [5, 5.41) is 15.2. The summed E-state index contributed by atoms with van der Waals surface area (Å²) in [6.45, 7) is 0.769. The Morgan fingerprint density at radius 3 is 2.90 bits per heavy atom. The summed E-state index contributed by atoms with van der Waals surface area (Å²) in [4.78, 5) is 14.9. The number of fused-ring (bicyclic) bond motifs is 1. The number of hydrogen-bond donors (Lipinski definition) is 1. The number of para-hydroxylation sites is 1. The fraction of sp³-hybridized carbons (Fsp3) is 0.400. The Morgan fingerprint density at radius 2 is 2.15 bits per heavy atom. The van der Waals surface area contributed by atoms with E-state index in [1.54, 1.807) is 0 Å². The van der Waals surface area contributed by atoms with Gasteiger partial charge in [-0.05, 0) is 24.8 Å². The van der Waals surface area contributed by atoms with Gasteiger partial charge in [0.25, 0.3) is 0 Å². The summed E-state index contributed by atoms with van der Waals surface area (Å²) in [6, 6.07) is 7.51. The van der Waals surface area contributed by atoms with Crippen LogP contribution in [0.2, 0.25) is 0 Å². The summed E-state index contributed by atoms with van der Waals surface area (Å²) < 4.78 is 0. The molecule has 1 N–H and O–H groups in total. The standard InChI is InChI=1S/C15H17N3O2/c19-18(20)14-10-17-13-6-2-1-5-12(13)15(14)16-9-3-4-11-7-8-11/h1-2,5-6,10-11H,3-4,7-9H2,(H,16,17). The number of rotatable bonds is 6. The molecule has 1 aromatic heterocycles. The fourth-order valence-corrected chi connectivity index (χ4v) is 2.47. The number of nitro groups is 1. The minimum atomic E-state index is -0.372. The molecule has 2 aromatic rings. The van der Waals surface area contributed by atoms with Crippen LogP contribution < -0.4 is 5.32 Å². The molecule has 1 heterocycles. The molecule has 1 fully saturated rings. The van der Waals surface area contributed by atoms with Gasteiger partial charge in [0.15, 0.2) is 0 Å². The molecule has 0 saturated heterocycles. The summed E-state index contributed by atoms with van der Waals surface area (Å²) in [7, 11) is 0. The molecular formula is C15H17N3O2. The maximum Gasteiger partial charge on any atom is 0.311 e. The molecule has 0 radical (unpaired) electrons. The molecule has 20 heavy (non-hydrogen) atoms. The van der Waals surface area contributed by atoms with Gasteiger partial charge in [-0.25, -0.2) is 4.98 Å². The highest BCUT2D eigenvalue weighted by molar-refractivity contribution is 5.95. The fourth-order valence-electron chi connectivity index (χ4n) is 2.47. The first-order valence-electron chi connectivity index (χ1n) is 7.01. The second-order valence-corrected chi connectivity index (χ2v) is 5.31. The zero-order chi connectivity index (χ0) is 13.9. The predicted octanol–water partition coefficient (Wildman–Crippen LogP) is 3.75. The van der Waals surface area contributed by atoms with Gasteiger partial charge in [0, 0.05) is 11.9 Å². The van der Waals surface area contributed by atoms with Gasteiger partial charge in [-0.2, -0.15) is 0 Å². The lowest BCUT2D eigenvalue weighted by molar-refractivity contribution is -0.384. The van der Waals surface area contributed by atoms with E-state index in [2.05, 4.69) is 10.3 Å². The van der Waals surface area contributed by atoms with Gasteiger partial charge in [-0.3, -0.25) is 10.1 Å². The molecule has 0 spiro atoms. The second-order valence-electron chi connectivity index (χ2n) is 5.31. The Morgan fingerprint density at radius 1 is 1.35 bits per heavy atom. The summed E-state index contributed by atoms with van der Waals surface area (Å²) in [5.74, 6) is 0.890. The highest BCUT2D eigenvalue weighted by Crippen LogP contribution is 2.34. The van der Waals surface area contributed by atoms with E-state index in [0.29, 0.717) is 5.69 Å². The highest BCUT2D eigenvalue weighted by atomic mass is 16.6. The third-order valence-corrected chi connectivity index (χ3v) is 3.74. The first kappa shape index (κ1) is 12.8. The Hall–Kier alpha value is -2.17. The van der Waals surface area contributed by atoms with Crippen molar-refractivity contribution >= 4 is 22.3 Å². The van der Waals surface area contributed by atoms with E-state index in [1.807, 2.05) is 24.3 Å². The predicted molar refractivity (Wildman–Crippen MR) is 78.8 cm³/mol. The van der Waals surface area contributed by atoms with Crippen molar-refractivity contribution in [2.75, 3.05) is 11.9 Å². The molecule has 1 aliphatic carbocycles. The van der Waals surface area contributed by atoms with Crippen molar-refractivity contribution in [3.8, 4) is 0 Å². The van der Waals surface area contributed by atoms with Crippen LogP contribution in [0.4, 0.5) is 11.4 Å². The van der Waals surface area contributed by atoms with Gasteiger partial charge in [0.2, 0.25) is 0 Å². The van der Waals surface area contributed by atoms with E-state index >= 15 is 0 Å². The van der Waals surface area contributed by atoms with E-state index in [-0.39, 0.29) is 10.6 Å². The first-order chi connectivity index (χ1) is 9.75. The second kappa shape index (κ2) is 5.45. The van der Waals surface area contributed by atoms with Crippen molar-refractivity contribution in [1.29, 1.82) is 0 Å². The average Bonchev–Trinajstić information content (AvgIpc) is 3.27. The van der Waals surface area contributed by atoms with E-state index in [4.69, 9.17) is 0 Å². The van der Waals surface area contributed by atoms with Crippen molar-refractivity contribution in [2.24, 2.45) is 5.92 Å². The Labute approximate surface area is 117 Å².